The molecule has 0 atom stereocenters. The van der Waals surface area contributed by atoms with Crippen LogP contribution < -0.4 is 4.73 Å². The fraction of sp³-hybridized carbons (Fsp3) is 0.464. The molecule has 2 saturated heterocycles. The van der Waals surface area contributed by atoms with E-state index in [4.69, 9.17) is 11.6 Å². The van der Waals surface area contributed by atoms with Gasteiger partial charge < -0.3 is 9.80 Å². The summed E-state index contributed by atoms with van der Waals surface area (Å²) in [5, 5.41) is 11.7. The van der Waals surface area contributed by atoms with Gasteiger partial charge in [-0.2, -0.15) is 0 Å². The second-order valence-electron chi connectivity index (χ2n) is 10.3. The molecule has 0 spiro atoms. The Hall–Kier alpha value is -1.90. The molecule has 3 heterocycles. The first kappa shape index (κ1) is 26.7. The Morgan fingerprint density at radius 2 is 1.76 bits per heavy atom. The molecule has 9 heteroatoms. The molecule has 2 aliphatic heterocycles. The molecule has 1 aromatic heterocycles. The van der Waals surface area contributed by atoms with Crippen LogP contribution in [0.1, 0.15) is 61.4 Å². The first-order valence-electron chi connectivity index (χ1n) is 12.9. The summed E-state index contributed by atoms with van der Waals surface area (Å²) in [5.41, 5.74) is 6.45. The third kappa shape index (κ3) is 5.48. The number of fused-ring (bicyclic) bond motifs is 2. The van der Waals surface area contributed by atoms with Crippen LogP contribution in [-0.2, 0) is 22.4 Å². The Morgan fingerprint density at radius 1 is 1.05 bits per heavy atom. The Balaban J connectivity index is 1.39. The molecule has 3 aliphatic rings. The number of rotatable bonds is 2. The summed E-state index contributed by atoms with van der Waals surface area (Å²) >= 11 is 13.7. The zero-order valence-corrected chi connectivity index (χ0v) is 24.8. The maximum absolute atomic E-state index is 13.1. The molecule has 37 heavy (non-hydrogen) atoms. The van der Waals surface area contributed by atoms with Crippen LogP contribution in [0.3, 0.4) is 0 Å². The van der Waals surface area contributed by atoms with Crippen molar-refractivity contribution in [1.29, 1.82) is 0 Å². The van der Waals surface area contributed by atoms with Gasteiger partial charge in [0.05, 0.1) is 15.1 Å². The van der Waals surface area contributed by atoms with Crippen molar-refractivity contribution in [2.75, 3.05) is 26.2 Å². The smallest absolute Gasteiger partial charge is 0.268 e. The SMILES string of the molecule is CC(=O)N1CCC(CC(=O)N2CCC(=C3c4ccc(Cl)c(Br)c4CCc4cc(Br)c[n+](O)c43)CC2)CC1. The summed E-state index contributed by atoms with van der Waals surface area (Å²) in [6.07, 6.45) is 7.15. The lowest BCUT2D eigenvalue weighted by molar-refractivity contribution is -0.906. The number of carbonyl (C=O) groups is 2. The number of pyridine rings is 1. The van der Waals surface area contributed by atoms with E-state index >= 15 is 0 Å². The molecule has 0 unspecified atom stereocenters. The van der Waals surface area contributed by atoms with Crippen molar-refractivity contribution in [2.24, 2.45) is 5.92 Å². The number of aromatic nitrogens is 1. The number of nitrogens with zero attached hydrogens (tertiary/aromatic N) is 3. The third-order valence-corrected chi connectivity index (χ3v) is 9.92. The highest BCUT2D eigenvalue weighted by molar-refractivity contribution is 9.10. The van der Waals surface area contributed by atoms with E-state index in [2.05, 4.69) is 44.0 Å². The second-order valence-corrected chi connectivity index (χ2v) is 12.4. The standard InChI is InChI=1S/C28H31Br2ClN3O3/c1-17(35)32-10-6-18(7-11-32)14-25(36)33-12-8-19(9-13-33)26-22-4-5-24(31)27(30)23(22)3-2-20-15-21(29)16-34(37)28(20)26/h4-5,15-16,18,37H,2-3,6-14H2,1H3/q+1. The number of piperidine rings is 2. The zero-order valence-electron chi connectivity index (χ0n) is 20.9. The molecule has 1 N–H and O–H groups in total. The molecule has 2 fully saturated rings. The number of hydrogen-bond donors (Lipinski definition) is 1. The minimum Gasteiger partial charge on any atom is -0.343 e. The normalized spacial score (nSPS) is 18.4. The Kier molecular flexibility index (Phi) is 7.99. The average molecular weight is 653 g/mol. The van der Waals surface area contributed by atoms with Crippen molar-refractivity contribution < 1.29 is 19.5 Å². The van der Waals surface area contributed by atoms with Gasteiger partial charge in [0, 0.05) is 54.3 Å². The van der Waals surface area contributed by atoms with E-state index in [-0.39, 0.29) is 11.8 Å². The molecule has 1 aliphatic carbocycles. The van der Waals surface area contributed by atoms with Gasteiger partial charge in [0.25, 0.3) is 5.69 Å². The van der Waals surface area contributed by atoms with Crippen LogP contribution in [0, 0.1) is 5.92 Å². The van der Waals surface area contributed by atoms with Gasteiger partial charge in [-0.1, -0.05) is 23.2 Å². The van der Waals surface area contributed by atoms with E-state index in [0.717, 1.165) is 88.5 Å². The summed E-state index contributed by atoms with van der Waals surface area (Å²) in [6.45, 7) is 4.45. The van der Waals surface area contributed by atoms with E-state index in [9.17, 15) is 14.8 Å². The monoisotopic (exact) mass is 650 g/mol. The maximum atomic E-state index is 13.1. The summed E-state index contributed by atoms with van der Waals surface area (Å²) in [4.78, 5) is 28.6. The fourth-order valence-electron chi connectivity index (χ4n) is 5.99. The van der Waals surface area contributed by atoms with E-state index in [1.807, 2.05) is 15.9 Å². The van der Waals surface area contributed by atoms with Gasteiger partial charge in [0.15, 0.2) is 0 Å². The van der Waals surface area contributed by atoms with Crippen LogP contribution in [-0.4, -0.2) is 53.0 Å². The van der Waals surface area contributed by atoms with Gasteiger partial charge in [-0.15, -0.1) is 0 Å². The summed E-state index contributed by atoms with van der Waals surface area (Å²) in [6, 6.07) is 6.06. The molecule has 0 saturated carbocycles. The minimum absolute atomic E-state index is 0.119. The van der Waals surface area contributed by atoms with E-state index in [1.54, 1.807) is 13.1 Å². The number of likely N-dealkylation sites (tertiary alicyclic amines) is 2. The van der Waals surface area contributed by atoms with Crippen molar-refractivity contribution in [3.63, 3.8) is 0 Å². The van der Waals surface area contributed by atoms with Crippen LogP contribution in [0.2, 0.25) is 5.02 Å². The Labute approximate surface area is 239 Å². The van der Waals surface area contributed by atoms with Crippen LogP contribution in [0.4, 0.5) is 0 Å². The molecule has 5 rings (SSSR count). The van der Waals surface area contributed by atoms with Gasteiger partial charge in [-0.05, 0) is 99.6 Å². The van der Waals surface area contributed by atoms with Crippen LogP contribution in [0.25, 0.3) is 5.57 Å². The summed E-state index contributed by atoms with van der Waals surface area (Å²) in [5.74, 6) is 0.675. The molecular formula is C28H31Br2ClN3O3+. The van der Waals surface area contributed by atoms with E-state index < -0.39 is 0 Å². The highest BCUT2D eigenvalue weighted by Gasteiger charge is 2.34. The fourth-order valence-corrected chi connectivity index (χ4v) is 7.18. The summed E-state index contributed by atoms with van der Waals surface area (Å²) in [7, 11) is 0. The van der Waals surface area contributed by atoms with Crippen molar-refractivity contribution in [1.82, 2.24) is 9.80 Å². The third-order valence-electron chi connectivity index (χ3n) is 8.03. The van der Waals surface area contributed by atoms with Gasteiger partial charge in [0.2, 0.25) is 18.0 Å². The van der Waals surface area contributed by atoms with Crippen LogP contribution >= 0.6 is 43.5 Å². The molecule has 6 nitrogen and oxygen atoms in total. The largest absolute Gasteiger partial charge is 0.343 e. The van der Waals surface area contributed by atoms with Crippen LogP contribution in [0.15, 0.2) is 38.9 Å². The number of carbonyl (C=O) groups excluding carboxylic acids is 2. The average Bonchev–Trinajstić information content (AvgIpc) is 3.04. The highest BCUT2D eigenvalue weighted by atomic mass is 79.9. The number of benzene rings is 1. The summed E-state index contributed by atoms with van der Waals surface area (Å²) < 4.78 is 2.98. The van der Waals surface area contributed by atoms with Gasteiger partial charge in [0.1, 0.15) is 0 Å². The topological polar surface area (TPSA) is 64.7 Å². The predicted octanol–water partition coefficient (Wildman–Crippen LogP) is 5.56. The van der Waals surface area contributed by atoms with E-state index in [0.29, 0.717) is 30.5 Å². The molecule has 2 amide bonds. The lowest BCUT2D eigenvalue weighted by atomic mass is 9.88. The van der Waals surface area contributed by atoms with Crippen molar-refractivity contribution in [3.05, 3.63) is 66.3 Å². The number of amides is 2. The Morgan fingerprint density at radius 3 is 2.43 bits per heavy atom. The second kappa shape index (κ2) is 11.1. The molecular weight excluding hydrogens is 622 g/mol. The number of aryl methyl sites for hydroxylation is 1. The lowest BCUT2D eigenvalue weighted by Crippen LogP contribution is -2.41. The molecule has 1 aromatic carbocycles. The first-order chi connectivity index (χ1) is 17.7. The van der Waals surface area contributed by atoms with Crippen molar-refractivity contribution in [3.8, 4) is 0 Å². The maximum Gasteiger partial charge on any atom is 0.268 e. The molecule has 196 valence electrons. The molecule has 2 aromatic rings. The minimum atomic E-state index is 0.119. The van der Waals surface area contributed by atoms with Gasteiger partial charge >= 0.3 is 0 Å². The first-order valence-corrected chi connectivity index (χ1v) is 14.9. The van der Waals surface area contributed by atoms with Crippen LogP contribution in [0.5, 0.6) is 0 Å². The predicted molar refractivity (Wildman–Crippen MR) is 150 cm³/mol. The highest BCUT2D eigenvalue weighted by Crippen LogP contribution is 2.42. The molecule has 0 bridgehead atoms. The zero-order chi connectivity index (χ0) is 26.3. The van der Waals surface area contributed by atoms with Crippen molar-refractivity contribution in [2.45, 2.75) is 51.9 Å². The lowest BCUT2D eigenvalue weighted by Gasteiger charge is -2.34. The van der Waals surface area contributed by atoms with Gasteiger partial charge in [-0.25, -0.2) is 0 Å². The van der Waals surface area contributed by atoms with Crippen molar-refractivity contribution >= 4 is 60.8 Å². The van der Waals surface area contributed by atoms with E-state index in [1.165, 1.54) is 10.3 Å². The molecule has 0 radical (unpaired) electrons. The number of hydrogen-bond acceptors (Lipinski definition) is 3. The quantitative estimate of drug-likeness (QED) is 0.342. The Bertz CT molecular complexity index is 1280. The number of halogens is 3. The van der Waals surface area contributed by atoms with Gasteiger partial charge in [-0.3, -0.25) is 14.8 Å².